The summed E-state index contributed by atoms with van der Waals surface area (Å²) in [4.78, 5) is 0. The molecule has 1 N–H and O–H groups in total. The first-order valence-corrected chi connectivity index (χ1v) is 6.99. The fourth-order valence-electron chi connectivity index (χ4n) is 1.76. The van der Waals surface area contributed by atoms with Crippen molar-refractivity contribution in [1.29, 1.82) is 0 Å². The maximum Gasteiger partial charge on any atom is 0.231 e. The molecule has 1 aromatic rings. The minimum absolute atomic E-state index is 0.0251. The topological polar surface area (TPSA) is 30.5 Å². The highest BCUT2D eigenvalue weighted by Gasteiger charge is 2.15. The van der Waals surface area contributed by atoms with E-state index < -0.39 is 0 Å². The Kier molecular flexibility index (Phi) is 6.61. The van der Waals surface area contributed by atoms with Gasteiger partial charge < -0.3 is 9.47 Å². The van der Waals surface area contributed by atoms with Crippen molar-refractivity contribution in [1.82, 2.24) is 5.32 Å². The van der Waals surface area contributed by atoms with Gasteiger partial charge in [-0.3, -0.25) is 5.32 Å². The summed E-state index contributed by atoms with van der Waals surface area (Å²) in [6.45, 7) is 6.25. The molecule has 4 heteroatoms. The molecule has 0 amide bonds. The molecule has 0 spiro atoms. The van der Waals surface area contributed by atoms with Crippen molar-refractivity contribution in [3.05, 3.63) is 23.8 Å². The van der Waals surface area contributed by atoms with E-state index in [1.165, 1.54) is 0 Å². The molecule has 1 aliphatic rings. The van der Waals surface area contributed by atoms with Crippen molar-refractivity contribution in [2.24, 2.45) is 0 Å². The maximum atomic E-state index is 5.48. The molecule has 0 saturated heterocycles. The average Bonchev–Trinajstić information content (AvgIpc) is 2.87. The van der Waals surface area contributed by atoms with Crippen LogP contribution in [0, 0.1) is 12.3 Å². The molecule has 0 bridgehead atoms. The number of hydrogen-bond acceptors (Lipinski definition) is 4. The lowest BCUT2D eigenvalue weighted by atomic mass is 10.1. The summed E-state index contributed by atoms with van der Waals surface area (Å²) in [5.41, 5.74) is 1.12. The zero-order valence-electron chi connectivity index (χ0n) is 11.6. The third kappa shape index (κ3) is 4.70. The lowest BCUT2D eigenvalue weighted by molar-refractivity contribution is 0.174. The van der Waals surface area contributed by atoms with Crippen LogP contribution in [0.1, 0.15) is 26.3 Å². The largest absolute Gasteiger partial charge is 0.454 e. The van der Waals surface area contributed by atoms with E-state index in [-0.39, 0.29) is 11.4 Å². The molecular formula is C15H21NO2S. The van der Waals surface area contributed by atoms with Crippen molar-refractivity contribution < 1.29 is 9.47 Å². The fraction of sp³-hybridized carbons (Fsp3) is 0.467. The predicted molar refractivity (Wildman–Crippen MR) is 81.8 cm³/mol. The number of rotatable bonds is 4. The van der Waals surface area contributed by atoms with Crippen molar-refractivity contribution in [2.75, 3.05) is 6.79 Å². The van der Waals surface area contributed by atoms with Crippen LogP contribution >= 0.6 is 12.6 Å². The van der Waals surface area contributed by atoms with E-state index in [4.69, 9.17) is 15.9 Å². The maximum absolute atomic E-state index is 5.48. The van der Waals surface area contributed by atoms with Gasteiger partial charge in [-0.25, -0.2) is 0 Å². The molecule has 2 rings (SSSR count). The number of terminal acetylenes is 1. The Morgan fingerprint density at radius 3 is 2.68 bits per heavy atom. The quantitative estimate of drug-likeness (QED) is 0.505. The van der Waals surface area contributed by atoms with Crippen molar-refractivity contribution in [3.8, 4) is 23.8 Å². The average molecular weight is 279 g/mol. The molecule has 3 nitrogen and oxygen atoms in total. The van der Waals surface area contributed by atoms with Crippen LogP contribution in [0.5, 0.6) is 11.5 Å². The monoisotopic (exact) mass is 279 g/mol. The zero-order chi connectivity index (χ0) is 14.3. The molecule has 0 radical (unpaired) electrons. The van der Waals surface area contributed by atoms with Gasteiger partial charge in [0, 0.05) is 5.37 Å². The molecule has 2 unspecified atom stereocenters. The van der Waals surface area contributed by atoms with Gasteiger partial charge in [-0.1, -0.05) is 25.8 Å². The number of fused-ring (bicyclic) bond motifs is 1. The summed E-state index contributed by atoms with van der Waals surface area (Å²) >= 11 is 4.27. The van der Waals surface area contributed by atoms with Crippen molar-refractivity contribution >= 4 is 12.6 Å². The molecule has 0 saturated carbocycles. The minimum atomic E-state index is -0.0251. The van der Waals surface area contributed by atoms with Crippen LogP contribution in [-0.4, -0.2) is 18.2 Å². The summed E-state index contributed by atoms with van der Waals surface area (Å²) in [5, 5.41) is 3.28. The predicted octanol–water partition coefficient (Wildman–Crippen LogP) is 2.85. The highest BCUT2D eigenvalue weighted by atomic mass is 32.1. The fourth-order valence-corrected chi connectivity index (χ4v) is 1.94. The summed E-state index contributed by atoms with van der Waals surface area (Å²) in [6.07, 6.45) is 6.23. The van der Waals surface area contributed by atoms with Crippen molar-refractivity contribution in [3.63, 3.8) is 0 Å². The summed E-state index contributed by atoms with van der Waals surface area (Å²) in [5.74, 6) is 4.30. The second-order valence-corrected chi connectivity index (χ2v) is 4.73. The van der Waals surface area contributed by atoms with Gasteiger partial charge in [-0.2, -0.15) is 12.6 Å². The summed E-state index contributed by atoms with van der Waals surface area (Å²) in [6, 6.07) is 5.86. The third-order valence-corrected chi connectivity index (χ3v) is 2.67. The van der Waals surface area contributed by atoms with E-state index in [0.29, 0.717) is 6.79 Å². The first kappa shape index (κ1) is 15.7. The SMILES string of the molecule is C#CC(Cc1ccc2c(c1)OCO2)NC(C)S.CC. The highest BCUT2D eigenvalue weighted by molar-refractivity contribution is 7.80. The van der Waals surface area contributed by atoms with Crippen LogP contribution in [0.25, 0.3) is 0 Å². The van der Waals surface area contributed by atoms with Crippen molar-refractivity contribution in [2.45, 2.75) is 38.6 Å². The normalized spacial score (nSPS) is 14.9. The van der Waals surface area contributed by atoms with E-state index in [2.05, 4.69) is 23.9 Å². The lowest BCUT2D eigenvalue weighted by Gasteiger charge is -2.15. The molecule has 1 aliphatic heterocycles. The van der Waals surface area contributed by atoms with Gasteiger partial charge in [-0.15, -0.1) is 6.42 Å². The van der Waals surface area contributed by atoms with Gasteiger partial charge in [0.25, 0.3) is 0 Å². The Morgan fingerprint density at radius 1 is 1.37 bits per heavy atom. The smallest absolute Gasteiger partial charge is 0.231 e. The first-order valence-electron chi connectivity index (χ1n) is 6.48. The van der Waals surface area contributed by atoms with Gasteiger partial charge >= 0.3 is 0 Å². The summed E-state index contributed by atoms with van der Waals surface area (Å²) < 4.78 is 10.6. The highest BCUT2D eigenvalue weighted by Crippen LogP contribution is 2.32. The second kappa shape index (κ2) is 7.98. The first-order chi connectivity index (χ1) is 9.19. The Balaban J connectivity index is 0.000000861. The van der Waals surface area contributed by atoms with Gasteiger partial charge in [0.05, 0.1) is 6.04 Å². The summed E-state index contributed by atoms with van der Waals surface area (Å²) in [7, 11) is 0. The molecular weight excluding hydrogens is 258 g/mol. The van der Waals surface area contributed by atoms with Gasteiger partial charge in [0.2, 0.25) is 6.79 Å². The lowest BCUT2D eigenvalue weighted by Crippen LogP contribution is -2.33. The van der Waals surface area contributed by atoms with Crippen LogP contribution in [0.2, 0.25) is 0 Å². The Hall–Kier alpha value is -1.31. The molecule has 0 aromatic heterocycles. The minimum Gasteiger partial charge on any atom is -0.454 e. The van der Waals surface area contributed by atoms with Gasteiger partial charge in [-0.05, 0) is 31.0 Å². The number of nitrogens with one attached hydrogen (secondary N) is 1. The molecule has 104 valence electrons. The zero-order valence-corrected chi connectivity index (χ0v) is 12.5. The second-order valence-electron chi connectivity index (χ2n) is 3.95. The third-order valence-electron chi connectivity index (χ3n) is 2.52. The molecule has 2 atom stereocenters. The van der Waals surface area contributed by atoms with Crippen LogP contribution in [0.3, 0.4) is 0 Å². The Morgan fingerprint density at radius 2 is 2.05 bits per heavy atom. The molecule has 0 aliphatic carbocycles. The molecule has 1 aromatic carbocycles. The van der Waals surface area contributed by atoms with Crippen LogP contribution in [-0.2, 0) is 6.42 Å². The van der Waals surface area contributed by atoms with E-state index in [9.17, 15) is 0 Å². The van der Waals surface area contributed by atoms with E-state index >= 15 is 0 Å². The van der Waals surface area contributed by atoms with E-state index in [1.807, 2.05) is 39.0 Å². The number of thiol groups is 1. The van der Waals surface area contributed by atoms with Crippen LogP contribution < -0.4 is 14.8 Å². The van der Waals surface area contributed by atoms with E-state index in [1.54, 1.807) is 0 Å². The number of benzene rings is 1. The molecule has 19 heavy (non-hydrogen) atoms. The number of hydrogen-bond donors (Lipinski definition) is 2. The molecule has 0 fully saturated rings. The van der Waals surface area contributed by atoms with Gasteiger partial charge in [0.15, 0.2) is 11.5 Å². The van der Waals surface area contributed by atoms with Crippen LogP contribution in [0.4, 0.5) is 0 Å². The van der Waals surface area contributed by atoms with Crippen LogP contribution in [0.15, 0.2) is 18.2 Å². The standard InChI is InChI=1S/C13H15NO2S.C2H6/c1-3-11(14-9(2)17)6-10-4-5-12-13(7-10)16-8-15-12;1-2/h1,4-5,7,9,11,14,17H,6,8H2,2H3;1-2H3. The Labute approximate surface area is 121 Å². The van der Waals surface area contributed by atoms with Gasteiger partial charge in [0.1, 0.15) is 0 Å². The van der Waals surface area contributed by atoms with E-state index in [0.717, 1.165) is 23.5 Å². The Bertz CT molecular complexity index is 440. The molecule has 1 heterocycles. The number of ether oxygens (including phenoxy) is 2.